The minimum atomic E-state index is -1.64. The van der Waals surface area contributed by atoms with E-state index >= 15 is 0 Å². The van der Waals surface area contributed by atoms with Crippen molar-refractivity contribution in [2.75, 3.05) is 5.32 Å². The van der Waals surface area contributed by atoms with Gasteiger partial charge in [-0.3, -0.25) is 9.59 Å². The molecular formula is C15H13F3N2O2S. The van der Waals surface area contributed by atoms with Crippen LogP contribution >= 0.6 is 11.3 Å². The lowest BCUT2D eigenvalue weighted by Crippen LogP contribution is -2.41. The van der Waals surface area contributed by atoms with Gasteiger partial charge in [-0.25, -0.2) is 13.2 Å². The molecule has 0 bridgehead atoms. The molecule has 0 fully saturated rings. The van der Waals surface area contributed by atoms with E-state index in [1.807, 2.05) is 22.1 Å². The van der Waals surface area contributed by atoms with Crippen LogP contribution in [0, 0.1) is 17.5 Å². The van der Waals surface area contributed by atoms with Gasteiger partial charge < -0.3 is 10.6 Å². The van der Waals surface area contributed by atoms with Crippen molar-refractivity contribution >= 4 is 28.8 Å². The van der Waals surface area contributed by atoms with Crippen LogP contribution in [0.25, 0.3) is 0 Å². The van der Waals surface area contributed by atoms with Crippen molar-refractivity contribution in [1.29, 1.82) is 0 Å². The maximum atomic E-state index is 13.0. The van der Waals surface area contributed by atoms with Crippen LogP contribution < -0.4 is 10.6 Å². The van der Waals surface area contributed by atoms with Crippen molar-refractivity contribution < 1.29 is 22.8 Å². The van der Waals surface area contributed by atoms with E-state index in [1.54, 1.807) is 6.92 Å². The molecule has 1 aromatic heterocycles. The van der Waals surface area contributed by atoms with Crippen molar-refractivity contribution in [1.82, 2.24) is 5.32 Å². The first-order valence-electron chi connectivity index (χ1n) is 6.64. The molecule has 122 valence electrons. The summed E-state index contributed by atoms with van der Waals surface area (Å²) < 4.78 is 38.9. The first-order chi connectivity index (χ1) is 10.9. The molecule has 2 aromatic rings. The van der Waals surface area contributed by atoms with Crippen molar-refractivity contribution in [2.45, 2.75) is 19.4 Å². The molecule has 0 saturated carbocycles. The Hall–Kier alpha value is -2.35. The van der Waals surface area contributed by atoms with Gasteiger partial charge in [-0.1, -0.05) is 0 Å². The van der Waals surface area contributed by atoms with Crippen molar-refractivity contribution in [2.24, 2.45) is 0 Å². The number of nitrogens with one attached hydrogen (secondary N) is 2. The summed E-state index contributed by atoms with van der Waals surface area (Å²) in [4.78, 5) is 23.4. The summed E-state index contributed by atoms with van der Waals surface area (Å²) in [5.74, 6) is -6.58. The molecule has 2 rings (SSSR count). The van der Waals surface area contributed by atoms with Crippen LogP contribution in [-0.2, 0) is 16.0 Å². The molecule has 4 nitrogen and oxygen atoms in total. The Morgan fingerprint density at radius 1 is 1.17 bits per heavy atom. The van der Waals surface area contributed by atoms with Crippen LogP contribution in [0.1, 0.15) is 12.5 Å². The minimum absolute atomic E-state index is 0.301. The summed E-state index contributed by atoms with van der Waals surface area (Å²) >= 11 is 1.52. The largest absolute Gasteiger partial charge is 0.345 e. The summed E-state index contributed by atoms with van der Waals surface area (Å²) in [6, 6.07) is 2.79. The maximum absolute atomic E-state index is 13.0. The SMILES string of the molecule is CC(Cc1ccsc1)NC(=O)C(=O)Nc1cc(F)c(F)c(F)c1. The number of anilines is 1. The van der Waals surface area contributed by atoms with Gasteiger partial charge in [-0.2, -0.15) is 11.3 Å². The molecule has 0 radical (unpaired) electrons. The molecule has 1 unspecified atom stereocenters. The molecule has 1 aromatic carbocycles. The van der Waals surface area contributed by atoms with Gasteiger partial charge in [0.05, 0.1) is 0 Å². The quantitative estimate of drug-likeness (QED) is 0.663. The van der Waals surface area contributed by atoms with Crippen LogP contribution in [0.3, 0.4) is 0 Å². The third-order valence-electron chi connectivity index (χ3n) is 2.95. The van der Waals surface area contributed by atoms with Crippen molar-refractivity contribution in [3.8, 4) is 0 Å². The average molecular weight is 342 g/mol. The second kappa shape index (κ2) is 7.28. The summed E-state index contributed by atoms with van der Waals surface area (Å²) in [5.41, 5.74) is 0.679. The predicted octanol–water partition coefficient (Wildman–Crippen LogP) is 2.85. The number of amides is 2. The monoisotopic (exact) mass is 342 g/mol. The average Bonchev–Trinajstić information content (AvgIpc) is 2.97. The number of hydrogen-bond acceptors (Lipinski definition) is 3. The number of hydrogen-bond donors (Lipinski definition) is 2. The van der Waals surface area contributed by atoms with Gasteiger partial charge in [-0.05, 0) is 35.7 Å². The number of rotatable bonds is 4. The zero-order valence-corrected chi connectivity index (χ0v) is 12.8. The van der Waals surface area contributed by atoms with Crippen LogP contribution in [0.4, 0.5) is 18.9 Å². The van der Waals surface area contributed by atoms with Gasteiger partial charge in [0, 0.05) is 23.9 Å². The Kier molecular flexibility index (Phi) is 5.38. The fourth-order valence-corrected chi connectivity index (χ4v) is 2.60. The zero-order chi connectivity index (χ0) is 17.0. The molecule has 0 spiro atoms. The van der Waals surface area contributed by atoms with Crippen LogP contribution in [0.15, 0.2) is 29.0 Å². The van der Waals surface area contributed by atoms with Gasteiger partial charge in [0.2, 0.25) is 0 Å². The molecule has 0 aliphatic carbocycles. The Balaban J connectivity index is 1.93. The van der Waals surface area contributed by atoms with E-state index in [2.05, 4.69) is 5.32 Å². The standard InChI is InChI=1S/C15H13F3N2O2S/c1-8(4-9-2-3-23-7-9)19-14(21)15(22)20-10-5-11(16)13(18)12(17)6-10/h2-3,5-8H,4H2,1H3,(H,19,21)(H,20,22). The highest BCUT2D eigenvalue weighted by Crippen LogP contribution is 2.17. The number of benzene rings is 1. The Labute approximate surface area is 134 Å². The topological polar surface area (TPSA) is 58.2 Å². The predicted molar refractivity (Wildman–Crippen MR) is 80.6 cm³/mol. The molecule has 0 aliphatic rings. The van der Waals surface area contributed by atoms with Crippen LogP contribution in [0.2, 0.25) is 0 Å². The fourth-order valence-electron chi connectivity index (χ4n) is 1.92. The lowest BCUT2D eigenvalue weighted by Gasteiger charge is -2.13. The molecule has 0 aliphatic heterocycles. The first-order valence-corrected chi connectivity index (χ1v) is 7.58. The number of carbonyl (C=O) groups excluding carboxylic acids is 2. The molecule has 2 amide bonds. The Morgan fingerprint density at radius 2 is 1.83 bits per heavy atom. The second-order valence-corrected chi connectivity index (χ2v) is 5.70. The smallest absolute Gasteiger partial charge is 0.313 e. The maximum Gasteiger partial charge on any atom is 0.313 e. The highest BCUT2D eigenvalue weighted by atomic mass is 32.1. The lowest BCUT2D eigenvalue weighted by atomic mass is 10.1. The minimum Gasteiger partial charge on any atom is -0.345 e. The Bertz CT molecular complexity index is 697. The van der Waals surface area contributed by atoms with E-state index in [1.165, 1.54) is 11.3 Å². The highest BCUT2D eigenvalue weighted by molar-refractivity contribution is 7.07. The molecular weight excluding hydrogens is 329 g/mol. The molecule has 0 saturated heterocycles. The summed E-state index contributed by atoms with van der Waals surface area (Å²) in [7, 11) is 0. The molecule has 2 N–H and O–H groups in total. The van der Waals surface area contributed by atoms with E-state index in [0.29, 0.717) is 18.6 Å². The number of carbonyl (C=O) groups is 2. The van der Waals surface area contributed by atoms with Gasteiger partial charge in [-0.15, -0.1) is 0 Å². The lowest BCUT2D eigenvalue weighted by molar-refractivity contribution is -0.136. The normalized spacial score (nSPS) is 11.8. The van der Waals surface area contributed by atoms with E-state index < -0.39 is 29.3 Å². The molecule has 23 heavy (non-hydrogen) atoms. The van der Waals surface area contributed by atoms with E-state index in [0.717, 1.165) is 5.56 Å². The molecule has 1 heterocycles. The summed E-state index contributed by atoms with van der Waals surface area (Å²) in [5, 5.41) is 8.31. The van der Waals surface area contributed by atoms with Gasteiger partial charge in [0.1, 0.15) is 0 Å². The van der Waals surface area contributed by atoms with Crippen molar-refractivity contribution in [3.05, 3.63) is 52.0 Å². The van der Waals surface area contributed by atoms with Crippen LogP contribution in [0.5, 0.6) is 0 Å². The van der Waals surface area contributed by atoms with Crippen molar-refractivity contribution in [3.63, 3.8) is 0 Å². The fraction of sp³-hybridized carbons (Fsp3) is 0.200. The second-order valence-electron chi connectivity index (χ2n) is 4.92. The first kappa shape index (κ1) is 17.0. The number of halogens is 3. The highest BCUT2D eigenvalue weighted by Gasteiger charge is 2.18. The van der Waals surface area contributed by atoms with E-state index in [4.69, 9.17) is 0 Å². The molecule has 8 heteroatoms. The van der Waals surface area contributed by atoms with Crippen LogP contribution in [-0.4, -0.2) is 17.9 Å². The summed E-state index contributed by atoms with van der Waals surface area (Å²) in [6.07, 6.45) is 0.544. The molecule has 1 atom stereocenters. The Morgan fingerprint density at radius 3 is 2.39 bits per heavy atom. The van der Waals surface area contributed by atoms with Gasteiger partial charge >= 0.3 is 11.8 Å². The van der Waals surface area contributed by atoms with E-state index in [-0.39, 0.29) is 11.7 Å². The van der Waals surface area contributed by atoms with E-state index in [9.17, 15) is 22.8 Å². The van der Waals surface area contributed by atoms with Gasteiger partial charge in [0.25, 0.3) is 0 Å². The zero-order valence-electron chi connectivity index (χ0n) is 12.0. The summed E-state index contributed by atoms with van der Waals surface area (Å²) in [6.45, 7) is 1.72. The number of thiophene rings is 1. The third-order valence-corrected chi connectivity index (χ3v) is 3.68. The third kappa shape index (κ3) is 4.56. The van der Waals surface area contributed by atoms with Gasteiger partial charge in [0.15, 0.2) is 17.5 Å².